The van der Waals surface area contributed by atoms with Crippen LogP contribution >= 0.6 is 11.8 Å². The zero-order valence-corrected chi connectivity index (χ0v) is 12.6. The van der Waals surface area contributed by atoms with Crippen LogP contribution in [0.2, 0.25) is 0 Å². The summed E-state index contributed by atoms with van der Waals surface area (Å²) in [4.78, 5) is 10.9. The molecule has 2 aliphatic rings. The second-order valence-corrected chi connectivity index (χ2v) is 7.72. The third-order valence-electron chi connectivity index (χ3n) is 4.56. The van der Waals surface area contributed by atoms with Gasteiger partial charge in [0.05, 0.1) is 6.61 Å². The van der Waals surface area contributed by atoms with Gasteiger partial charge < -0.3 is 19.7 Å². The fraction of sp³-hybridized carbons (Fsp3) is 0.929. The van der Waals surface area contributed by atoms with Crippen molar-refractivity contribution in [2.75, 3.05) is 6.61 Å². The third kappa shape index (κ3) is 3.09. The zero-order chi connectivity index (χ0) is 14.2. The number of thioether (sulfide) groups is 1. The topological polar surface area (TPSA) is 69.6 Å². The quantitative estimate of drug-likeness (QED) is 0.845. The first-order valence-electron chi connectivity index (χ1n) is 7.09. The monoisotopic (exact) mass is 287 g/mol. The van der Waals surface area contributed by atoms with Gasteiger partial charge in [-0.1, -0.05) is 39.0 Å². The highest BCUT2D eigenvalue weighted by Gasteiger charge is 2.47. The maximum Gasteiger partial charge on any atom is 0.258 e. The molecule has 2 fully saturated rings. The largest absolute Gasteiger partial charge is 0.544 e. The number of hydrogen-bond donors (Lipinski definition) is 1. The first kappa shape index (κ1) is 15.1. The summed E-state index contributed by atoms with van der Waals surface area (Å²) in [6.07, 6.45) is 3.51. The molecule has 0 aromatic rings. The summed E-state index contributed by atoms with van der Waals surface area (Å²) in [6, 6.07) is 0. The molecule has 1 saturated heterocycles. The molecular formula is C14H23O4S-. The minimum absolute atomic E-state index is 0.0537. The molecular weight excluding hydrogens is 264 g/mol. The summed E-state index contributed by atoms with van der Waals surface area (Å²) < 4.78 is 5.09. The summed E-state index contributed by atoms with van der Waals surface area (Å²) in [5, 5.41) is 18.7. The van der Waals surface area contributed by atoms with E-state index in [2.05, 4.69) is 20.8 Å². The van der Waals surface area contributed by atoms with E-state index in [4.69, 9.17) is 4.74 Å². The number of carboxylic acids is 1. The summed E-state index contributed by atoms with van der Waals surface area (Å²) in [5.74, 6) is 0.709. The standard InChI is InChI=1S/C14H24O4S/c1-8(2)10-5-4-9(3)6-11(10)12-7-18-14(17,19-12)13(15)16/h8-12,17H,4-7H2,1-3H3,(H,15,16)/p-1/t9-,10?,11?,12?,14-/m1/s1. The number of aliphatic hydroxyl groups is 1. The number of ether oxygens (including phenoxy) is 1. The van der Waals surface area contributed by atoms with Crippen LogP contribution in [-0.2, 0) is 9.53 Å². The van der Waals surface area contributed by atoms with Gasteiger partial charge in [0.1, 0.15) is 5.97 Å². The van der Waals surface area contributed by atoms with E-state index in [0.717, 1.165) is 18.2 Å². The van der Waals surface area contributed by atoms with Crippen LogP contribution in [0, 0.1) is 23.7 Å². The van der Waals surface area contributed by atoms with Crippen LogP contribution in [0.5, 0.6) is 0 Å². The molecule has 2 rings (SSSR count). The van der Waals surface area contributed by atoms with Crippen LogP contribution in [-0.4, -0.2) is 28.1 Å². The van der Waals surface area contributed by atoms with Crippen LogP contribution in [0.3, 0.4) is 0 Å². The third-order valence-corrected chi connectivity index (χ3v) is 5.96. The maximum atomic E-state index is 10.9. The molecule has 3 unspecified atom stereocenters. The SMILES string of the molecule is CC(C)C1CC[C@@H](C)CC1C1CO[C@](O)(C(=O)[O-])S1. The molecule has 0 bridgehead atoms. The Hall–Kier alpha value is -0.260. The lowest BCUT2D eigenvalue weighted by Gasteiger charge is -2.40. The lowest BCUT2D eigenvalue weighted by atomic mass is 9.69. The van der Waals surface area contributed by atoms with Crippen LogP contribution in [0.4, 0.5) is 0 Å². The van der Waals surface area contributed by atoms with E-state index >= 15 is 0 Å². The Morgan fingerprint density at radius 1 is 1.47 bits per heavy atom. The molecule has 0 aromatic heterocycles. The van der Waals surface area contributed by atoms with Crippen molar-refractivity contribution in [1.29, 1.82) is 0 Å². The highest BCUT2D eigenvalue weighted by molar-refractivity contribution is 8.01. The van der Waals surface area contributed by atoms with Gasteiger partial charge in [0.15, 0.2) is 0 Å². The van der Waals surface area contributed by atoms with E-state index in [1.807, 2.05) is 0 Å². The molecule has 5 atom stereocenters. The zero-order valence-electron chi connectivity index (χ0n) is 11.8. The molecule has 0 amide bonds. The predicted octanol–water partition coefficient (Wildman–Crippen LogP) is 1.22. The van der Waals surface area contributed by atoms with Crippen molar-refractivity contribution in [2.24, 2.45) is 23.7 Å². The van der Waals surface area contributed by atoms with E-state index in [1.54, 1.807) is 0 Å². The molecule has 0 spiro atoms. The average molecular weight is 287 g/mol. The molecule has 1 aliphatic heterocycles. The molecule has 4 nitrogen and oxygen atoms in total. The van der Waals surface area contributed by atoms with Gasteiger partial charge in [0.25, 0.3) is 5.12 Å². The van der Waals surface area contributed by atoms with Crippen LogP contribution < -0.4 is 5.11 Å². The van der Waals surface area contributed by atoms with Crippen LogP contribution in [0.25, 0.3) is 0 Å². The van der Waals surface area contributed by atoms with Crippen LogP contribution in [0.15, 0.2) is 0 Å². The average Bonchev–Trinajstić information content (AvgIpc) is 2.73. The number of carboxylic acid groups (broad SMARTS) is 1. The van der Waals surface area contributed by atoms with E-state index < -0.39 is 11.1 Å². The molecule has 0 aromatic carbocycles. The summed E-state index contributed by atoms with van der Waals surface area (Å²) in [6.45, 7) is 6.99. The van der Waals surface area contributed by atoms with Gasteiger partial charge in [0, 0.05) is 5.25 Å². The van der Waals surface area contributed by atoms with E-state index in [-0.39, 0.29) is 5.25 Å². The Morgan fingerprint density at radius 2 is 2.16 bits per heavy atom. The number of carbonyl (C=O) groups excluding carboxylic acids is 1. The molecule has 1 saturated carbocycles. The Balaban J connectivity index is 2.09. The van der Waals surface area contributed by atoms with Crippen molar-refractivity contribution in [2.45, 2.75) is 50.4 Å². The van der Waals surface area contributed by atoms with Crippen molar-refractivity contribution in [3.05, 3.63) is 0 Å². The fourth-order valence-corrected chi connectivity index (χ4v) is 4.76. The van der Waals surface area contributed by atoms with Gasteiger partial charge in [-0.15, -0.1) is 0 Å². The number of hydrogen-bond acceptors (Lipinski definition) is 5. The summed E-state index contributed by atoms with van der Waals surface area (Å²) >= 11 is 1.02. The Morgan fingerprint density at radius 3 is 2.68 bits per heavy atom. The van der Waals surface area contributed by atoms with Crippen molar-refractivity contribution in [3.63, 3.8) is 0 Å². The number of carbonyl (C=O) groups is 1. The molecule has 1 aliphatic carbocycles. The van der Waals surface area contributed by atoms with E-state index in [0.29, 0.717) is 30.3 Å². The molecule has 1 N–H and O–H groups in total. The van der Waals surface area contributed by atoms with Gasteiger partial charge >= 0.3 is 0 Å². The van der Waals surface area contributed by atoms with Gasteiger partial charge in [0.2, 0.25) is 0 Å². The highest BCUT2D eigenvalue weighted by Crippen LogP contribution is 2.48. The second kappa shape index (κ2) is 5.62. The van der Waals surface area contributed by atoms with Gasteiger partial charge in [-0.3, -0.25) is 0 Å². The van der Waals surface area contributed by atoms with Gasteiger partial charge in [-0.05, 0) is 36.5 Å². The van der Waals surface area contributed by atoms with E-state index in [1.165, 1.54) is 12.8 Å². The normalized spacial score (nSPS) is 43.6. The first-order chi connectivity index (χ1) is 8.83. The van der Waals surface area contributed by atoms with Gasteiger partial charge in [-0.2, -0.15) is 0 Å². The van der Waals surface area contributed by atoms with Gasteiger partial charge in [-0.25, -0.2) is 0 Å². The molecule has 110 valence electrons. The lowest BCUT2D eigenvalue weighted by Crippen LogP contribution is -2.45. The lowest BCUT2D eigenvalue weighted by molar-refractivity contribution is -0.335. The number of aliphatic carboxylic acids is 1. The minimum atomic E-state index is -2.15. The second-order valence-electron chi connectivity index (χ2n) is 6.33. The summed E-state index contributed by atoms with van der Waals surface area (Å²) in [7, 11) is 0. The van der Waals surface area contributed by atoms with Crippen molar-refractivity contribution in [1.82, 2.24) is 0 Å². The smallest absolute Gasteiger partial charge is 0.258 e. The van der Waals surface area contributed by atoms with Crippen molar-refractivity contribution in [3.8, 4) is 0 Å². The summed E-state index contributed by atoms with van der Waals surface area (Å²) in [5.41, 5.74) is 0. The maximum absolute atomic E-state index is 10.9. The van der Waals surface area contributed by atoms with Crippen molar-refractivity contribution >= 4 is 17.7 Å². The molecule has 5 heteroatoms. The molecule has 1 heterocycles. The Bertz CT molecular complexity index is 346. The van der Waals surface area contributed by atoms with Crippen molar-refractivity contribution < 1.29 is 19.7 Å². The predicted molar refractivity (Wildman–Crippen MR) is 72.1 cm³/mol. The molecule has 19 heavy (non-hydrogen) atoms. The first-order valence-corrected chi connectivity index (χ1v) is 7.97. The van der Waals surface area contributed by atoms with Crippen LogP contribution in [0.1, 0.15) is 40.0 Å². The minimum Gasteiger partial charge on any atom is -0.544 e. The number of rotatable bonds is 3. The Kier molecular flexibility index (Phi) is 4.48. The molecule has 0 radical (unpaired) electrons. The Labute approximate surface area is 118 Å². The fourth-order valence-electron chi connectivity index (χ4n) is 3.49. The highest BCUT2D eigenvalue weighted by atomic mass is 32.2. The van der Waals surface area contributed by atoms with E-state index in [9.17, 15) is 15.0 Å².